The second kappa shape index (κ2) is 6.82. The number of benzene rings is 1. The highest BCUT2D eigenvalue weighted by Crippen LogP contribution is 2.38. The van der Waals surface area contributed by atoms with Gasteiger partial charge in [-0.25, -0.2) is 14.8 Å². The van der Waals surface area contributed by atoms with Crippen LogP contribution < -0.4 is 5.32 Å². The molecule has 2 atom stereocenters. The van der Waals surface area contributed by atoms with E-state index in [2.05, 4.69) is 34.3 Å². The van der Waals surface area contributed by atoms with E-state index in [4.69, 9.17) is 0 Å². The molecule has 1 aromatic carbocycles. The molecule has 1 aromatic heterocycles. The number of urea groups is 1. The minimum absolute atomic E-state index is 0.0162. The third-order valence-corrected chi connectivity index (χ3v) is 5.12. The highest BCUT2D eigenvalue weighted by atomic mass is 16.2. The first-order chi connectivity index (χ1) is 12.2. The van der Waals surface area contributed by atoms with Crippen LogP contribution in [0.2, 0.25) is 0 Å². The number of hydrogen-bond donors (Lipinski definition) is 1. The lowest BCUT2D eigenvalue weighted by Crippen LogP contribution is -2.55. The number of nitrogens with zero attached hydrogens (tertiary/aromatic N) is 3. The first kappa shape index (κ1) is 16.1. The molecular formula is C20H24N4O. The Morgan fingerprint density at radius 3 is 2.56 bits per heavy atom. The number of carbonyl (C=O) groups excluding carboxylic acids is 1. The van der Waals surface area contributed by atoms with Gasteiger partial charge in [0.05, 0.1) is 6.04 Å². The van der Waals surface area contributed by atoms with E-state index in [1.54, 1.807) is 0 Å². The molecule has 2 heterocycles. The molecule has 0 spiro atoms. The molecule has 1 N–H and O–H groups in total. The fourth-order valence-electron chi connectivity index (χ4n) is 3.52. The van der Waals surface area contributed by atoms with Crippen LogP contribution in [0.4, 0.5) is 4.79 Å². The van der Waals surface area contributed by atoms with Gasteiger partial charge >= 0.3 is 6.03 Å². The molecule has 1 saturated carbocycles. The van der Waals surface area contributed by atoms with Crippen molar-refractivity contribution in [2.24, 2.45) is 5.92 Å². The van der Waals surface area contributed by atoms with Crippen LogP contribution in [0.5, 0.6) is 0 Å². The topological polar surface area (TPSA) is 58.1 Å². The van der Waals surface area contributed by atoms with Crippen LogP contribution in [-0.2, 0) is 6.42 Å². The number of amides is 2. The number of carbonyl (C=O) groups is 1. The summed E-state index contributed by atoms with van der Waals surface area (Å²) in [6.07, 6.45) is 6.98. The van der Waals surface area contributed by atoms with Gasteiger partial charge in [-0.2, -0.15) is 0 Å². The van der Waals surface area contributed by atoms with E-state index < -0.39 is 0 Å². The minimum atomic E-state index is 0.0162. The molecule has 1 saturated heterocycles. The van der Waals surface area contributed by atoms with Gasteiger partial charge in [-0.05, 0) is 36.3 Å². The summed E-state index contributed by atoms with van der Waals surface area (Å²) in [5.74, 6) is 2.04. The summed E-state index contributed by atoms with van der Waals surface area (Å²) in [4.78, 5) is 23.3. The SMILES string of the molecule is C[C@H]1CN(C(=O)NCCc2cnc(C3CC3)nc2)[C@@H]1c1ccccc1. The molecule has 0 unspecified atom stereocenters. The molecule has 4 rings (SSSR count). The van der Waals surface area contributed by atoms with Crippen LogP contribution in [0.3, 0.4) is 0 Å². The molecule has 1 aliphatic heterocycles. The Kier molecular flexibility index (Phi) is 4.38. The van der Waals surface area contributed by atoms with Crippen molar-refractivity contribution in [3.8, 4) is 0 Å². The quantitative estimate of drug-likeness (QED) is 0.911. The molecule has 2 aliphatic rings. The van der Waals surface area contributed by atoms with Gasteiger partial charge < -0.3 is 10.2 Å². The molecule has 2 amide bonds. The monoisotopic (exact) mass is 336 g/mol. The Morgan fingerprint density at radius 1 is 1.20 bits per heavy atom. The molecule has 0 bridgehead atoms. The van der Waals surface area contributed by atoms with Crippen molar-refractivity contribution in [3.05, 3.63) is 59.7 Å². The predicted octanol–water partition coefficient (Wildman–Crippen LogP) is 3.30. The Labute approximate surface area is 148 Å². The van der Waals surface area contributed by atoms with Crippen molar-refractivity contribution in [1.82, 2.24) is 20.2 Å². The van der Waals surface area contributed by atoms with E-state index in [1.807, 2.05) is 35.5 Å². The Morgan fingerprint density at radius 2 is 1.92 bits per heavy atom. The van der Waals surface area contributed by atoms with E-state index in [9.17, 15) is 4.79 Å². The van der Waals surface area contributed by atoms with E-state index >= 15 is 0 Å². The Hall–Kier alpha value is -2.43. The molecule has 0 radical (unpaired) electrons. The largest absolute Gasteiger partial charge is 0.338 e. The van der Waals surface area contributed by atoms with Gasteiger partial charge in [-0.1, -0.05) is 37.3 Å². The van der Waals surface area contributed by atoms with Crippen LogP contribution in [0.15, 0.2) is 42.7 Å². The minimum Gasteiger partial charge on any atom is -0.338 e. The van der Waals surface area contributed by atoms with Crippen molar-refractivity contribution < 1.29 is 4.79 Å². The summed E-state index contributed by atoms with van der Waals surface area (Å²) < 4.78 is 0. The number of rotatable bonds is 5. The maximum atomic E-state index is 12.5. The molecule has 2 fully saturated rings. The smallest absolute Gasteiger partial charge is 0.317 e. The number of nitrogens with one attached hydrogen (secondary N) is 1. The van der Waals surface area contributed by atoms with Crippen molar-refractivity contribution in [3.63, 3.8) is 0 Å². The lowest BCUT2D eigenvalue weighted by Gasteiger charge is -2.46. The molecule has 1 aliphatic carbocycles. The third kappa shape index (κ3) is 3.50. The second-order valence-corrected chi connectivity index (χ2v) is 7.19. The number of aromatic nitrogens is 2. The van der Waals surface area contributed by atoms with E-state index in [1.165, 1.54) is 18.4 Å². The first-order valence-electron chi connectivity index (χ1n) is 9.12. The molecule has 25 heavy (non-hydrogen) atoms. The lowest BCUT2D eigenvalue weighted by molar-refractivity contribution is 0.0594. The van der Waals surface area contributed by atoms with Gasteiger partial charge in [-0.3, -0.25) is 0 Å². The fraction of sp³-hybridized carbons (Fsp3) is 0.450. The zero-order valence-electron chi connectivity index (χ0n) is 14.6. The van der Waals surface area contributed by atoms with Crippen LogP contribution >= 0.6 is 0 Å². The highest BCUT2D eigenvalue weighted by Gasteiger charge is 2.39. The molecule has 130 valence electrons. The maximum absolute atomic E-state index is 12.5. The van der Waals surface area contributed by atoms with Crippen LogP contribution in [0.1, 0.15) is 48.7 Å². The van der Waals surface area contributed by atoms with Gasteiger partial charge in [0.2, 0.25) is 0 Å². The standard InChI is InChI=1S/C20H24N4O/c1-14-13-24(18(14)16-5-3-2-4-6-16)20(25)21-10-9-15-11-22-19(23-12-15)17-7-8-17/h2-6,11-12,14,17-18H,7-10,13H2,1H3,(H,21,25)/t14-,18-/m0/s1. The van der Waals surface area contributed by atoms with E-state index in [0.717, 1.165) is 24.4 Å². The predicted molar refractivity (Wildman–Crippen MR) is 96.2 cm³/mol. The first-order valence-corrected chi connectivity index (χ1v) is 9.12. The Balaban J connectivity index is 1.28. The van der Waals surface area contributed by atoms with Gasteiger partial charge in [0.15, 0.2) is 0 Å². The average molecular weight is 336 g/mol. The molecular weight excluding hydrogens is 312 g/mol. The summed E-state index contributed by atoms with van der Waals surface area (Å²) in [6, 6.07) is 10.5. The summed E-state index contributed by atoms with van der Waals surface area (Å²) in [5, 5.41) is 3.03. The summed E-state index contributed by atoms with van der Waals surface area (Å²) >= 11 is 0. The molecule has 2 aromatic rings. The molecule has 5 nitrogen and oxygen atoms in total. The number of hydrogen-bond acceptors (Lipinski definition) is 3. The van der Waals surface area contributed by atoms with Crippen LogP contribution in [0.25, 0.3) is 0 Å². The van der Waals surface area contributed by atoms with E-state index in [-0.39, 0.29) is 12.1 Å². The normalized spacial score (nSPS) is 22.4. The Bertz CT molecular complexity index is 727. The zero-order chi connectivity index (χ0) is 17.2. The molecule has 5 heteroatoms. The zero-order valence-corrected chi connectivity index (χ0v) is 14.6. The summed E-state index contributed by atoms with van der Waals surface area (Å²) in [7, 11) is 0. The maximum Gasteiger partial charge on any atom is 0.317 e. The summed E-state index contributed by atoms with van der Waals surface area (Å²) in [5.41, 5.74) is 2.28. The fourth-order valence-corrected chi connectivity index (χ4v) is 3.52. The summed E-state index contributed by atoms with van der Waals surface area (Å²) in [6.45, 7) is 3.61. The van der Waals surface area contributed by atoms with Gasteiger partial charge in [0.25, 0.3) is 0 Å². The van der Waals surface area contributed by atoms with Crippen LogP contribution in [-0.4, -0.2) is 34.0 Å². The van der Waals surface area contributed by atoms with Gasteiger partial charge in [0, 0.05) is 31.4 Å². The van der Waals surface area contributed by atoms with Crippen molar-refractivity contribution in [2.75, 3.05) is 13.1 Å². The van der Waals surface area contributed by atoms with Gasteiger partial charge in [0.1, 0.15) is 5.82 Å². The average Bonchev–Trinajstić information content (AvgIpc) is 3.46. The van der Waals surface area contributed by atoms with Crippen molar-refractivity contribution in [2.45, 2.75) is 38.1 Å². The van der Waals surface area contributed by atoms with Crippen LogP contribution in [0, 0.1) is 5.92 Å². The van der Waals surface area contributed by atoms with Crippen molar-refractivity contribution >= 4 is 6.03 Å². The highest BCUT2D eigenvalue weighted by molar-refractivity contribution is 5.75. The van der Waals surface area contributed by atoms with Crippen molar-refractivity contribution in [1.29, 1.82) is 0 Å². The second-order valence-electron chi connectivity index (χ2n) is 7.19. The van der Waals surface area contributed by atoms with E-state index in [0.29, 0.717) is 18.4 Å². The lowest BCUT2D eigenvalue weighted by atomic mass is 9.85. The third-order valence-electron chi connectivity index (χ3n) is 5.12. The van der Waals surface area contributed by atoms with Gasteiger partial charge in [-0.15, -0.1) is 0 Å². The number of likely N-dealkylation sites (tertiary alicyclic amines) is 1.